The number of aromatic carboxylic acids is 1. The smallest absolute Gasteiger partial charge is 0.335 e. The summed E-state index contributed by atoms with van der Waals surface area (Å²) >= 11 is 0. The van der Waals surface area contributed by atoms with Crippen LogP contribution >= 0.6 is 0 Å². The second kappa shape index (κ2) is 8.61. The predicted molar refractivity (Wildman–Crippen MR) is 105 cm³/mol. The maximum absolute atomic E-state index is 14.7. The number of rotatable bonds is 7. The van der Waals surface area contributed by atoms with Crippen LogP contribution in [0.2, 0.25) is 0 Å². The molecule has 0 saturated heterocycles. The zero-order valence-electron chi connectivity index (χ0n) is 15.8. The molecule has 5 nitrogen and oxygen atoms in total. The van der Waals surface area contributed by atoms with Crippen LogP contribution in [-0.2, 0) is 6.42 Å². The maximum atomic E-state index is 14.7. The van der Waals surface area contributed by atoms with Gasteiger partial charge in [0.1, 0.15) is 11.6 Å². The van der Waals surface area contributed by atoms with Crippen molar-refractivity contribution >= 4 is 5.97 Å². The lowest BCUT2D eigenvalue weighted by molar-refractivity contribution is 0.0697. The molecule has 1 aromatic heterocycles. The molecule has 0 aliphatic heterocycles. The van der Waals surface area contributed by atoms with Gasteiger partial charge in [0.25, 0.3) is 0 Å². The van der Waals surface area contributed by atoms with Crippen molar-refractivity contribution in [3.05, 3.63) is 65.7 Å². The molecule has 28 heavy (non-hydrogen) atoms. The van der Waals surface area contributed by atoms with Gasteiger partial charge in [-0.25, -0.2) is 14.2 Å². The summed E-state index contributed by atoms with van der Waals surface area (Å²) in [6.45, 7) is 2.10. The Bertz CT molecular complexity index is 988. The van der Waals surface area contributed by atoms with Crippen LogP contribution in [0.1, 0.15) is 35.8 Å². The minimum absolute atomic E-state index is 0.177. The molecule has 2 aromatic carbocycles. The normalized spacial score (nSPS) is 10.7. The fourth-order valence-electron chi connectivity index (χ4n) is 2.89. The van der Waals surface area contributed by atoms with Crippen LogP contribution in [0.15, 0.2) is 48.7 Å². The Labute approximate surface area is 162 Å². The van der Waals surface area contributed by atoms with E-state index in [1.54, 1.807) is 30.5 Å². The van der Waals surface area contributed by atoms with Gasteiger partial charge in [-0.3, -0.25) is 4.98 Å². The Kier molecular flexibility index (Phi) is 5.99. The van der Waals surface area contributed by atoms with Gasteiger partial charge in [0.15, 0.2) is 0 Å². The highest BCUT2D eigenvalue weighted by molar-refractivity contribution is 5.88. The lowest BCUT2D eigenvalue weighted by Crippen LogP contribution is -2.01. The third-order valence-electron chi connectivity index (χ3n) is 4.45. The summed E-state index contributed by atoms with van der Waals surface area (Å²) < 4.78 is 19.7. The van der Waals surface area contributed by atoms with E-state index in [0.717, 1.165) is 25.0 Å². The first kappa shape index (κ1) is 19.5. The summed E-state index contributed by atoms with van der Waals surface area (Å²) in [5.74, 6) is -1.05. The largest absolute Gasteiger partial charge is 0.497 e. The summed E-state index contributed by atoms with van der Waals surface area (Å²) in [5.41, 5.74) is 2.92. The number of ether oxygens (including phenoxy) is 1. The molecule has 0 aliphatic rings. The molecule has 0 bridgehead atoms. The number of aryl methyl sites for hydroxylation is 1. The number of carbonyl (C=O) groups is 1. The highest BCUT2D eigenvalue weighted by atomic mass is 19.1. The van der Waals surface area contributed by atoms with E-state index >= 15 is 0 Å². The van der Waals surface area contributed by atoms with Crippen molar-refractivity contribution in [1.29, 1.82) is 0 Å². The summed E-state index contributed by atoms with van der Waals surface area (Å²) in [6.07, 6.45) is 4.44. The van der Waals surface area contributed by atoms with Crippen molar-refractivity contribution < 1.29 is 19.0 Å². The quantitative estimate of drug-likeness (QED) is 0.624. The molecule has 144 valence electrons. The fourth-order valence-corrected chi connectivity index (χ4v) is 2.89. The Morgan fingerprint density at radius 3 is 2.50 bits per heavy atom. The van der Waals surface area contributed by atoms with E-state index in [9.17, 15) is 9.18 Å². The number of carboxylic acid groups (broad SMARTS) is 1. The molecule has 0 atom stereocenters. The topological polar surface area (TPSA) is 72.3 Å². The molecule has 3 aromatic rings. The molecule has 0 spiro atoms. The number of methoxy groups -OCH3 is 1. The van der Waals surface area contributed by atoms with Gasteiger partial charge in [-0.2, -0.15) is 0 Å². The molecule has 0 fully saturated rings. The van der Waals surface area contributed by atoms with E-state index in [1.165, 1.54) is 25.3 Å². The molecular weight excluding hydrogens is 359 g/mol. The summed E-state index contributed by atoms with van der Waals surface area (Å²) in [7, 11) is 1.48. The van der Waals surface area contributed by atoms with E-state index in [2.05, 4.69) is 11.9 Å². The second-order valence-corrected chi connectivity index (χ2v) is 6.39. The van der Waals surface area contributed by atoms with Crippen LogP contribution in [0, 0.1) is 5.82 Å². The lowest BCUT2D eigenvalue weighted by atomic mass is 10.0. The molecular formula is C22H21FN2O3. The standard InChI is InChI=1S/C22H21FN2O3/c1-3-4-5-16-13-24-21(18-11-10-17(28-2)12-19(18)23)20(25-16)14-6-8-15(9-7-14)22(26)27/h6-13H,3-5H2,1-2H3,(H,26,27). The molecule has 0 unspecified atom stereocenters. The average molecular weight is 380 g/mol. The van der Waals surface area contributed by atoms with Crippen LogP contribution < -0.4 is 4.74 Å². The number of aromatic nitrogens is 2. The maximum Gasteiger partial charge on any atom is 0.335 e. The van der Waals surface area contributed by atoms with Gasteiger partial charge in [-0.1, -0.05) is 25.5 Å². The van der Waals surface area contributed by atoms with Crippen molar-refractivity contribution in [3.8, 4) is 28.3 Å². The van der Waals surface area contributed by atoms with E-state index in [0.29, 0.717) is 28.3 Å². The Balaban J connectivity index is 2.12. The number of nitrogens with zero attached hydrogens (tertiary/aromatic N) is 2. The first-order valence-corrected chi connectivity index (χ1v) is 9.07. The van der Waals surface area contributed by atoms with Crippen LogP contribution in [0.25, 0.3) is 22.5 Å². The van der Waals surface area contributed by atoms with Crippen LogP contribution in [-0.4, -0.2) is 28.2 Å². The van der Waals surface area contributed by atoms with Gasteiger partial charge in [-0.05, 0) is 37.1 Å². The first-order valence-electron chi connectivity index (χ1n) is 9.07. The number of halogens is 1. The predicted octanol–water partition coefficient (Wildman–Crippen LogP) is 5.00. The third kappa shape index (κ3) is 4.17. The van der Waals surface area contributed by atoms with Crippen molar-refractivity contribution in [3.63, 3.8) is 0 Å². The van der Waals surface area contributed by atoms with Gasteiger partial charge in [-0.15, -0.1) is 0 Å². The molecule has 0 radical (unpaired) electrons. The highest BCUT2D eigenvalue weighted by Crippen LogP contribution is 2.32. The van der Waals surface area contributed by atoms with Gasteiger partial charge in [0, 0.05) is 23.4 Å². The second-order valence-electron chi connectivity index (χ2n) is 6.39. The van der Waals surface area contributed by atoms with Crippen molar-refractivity contribution in [1.82, 2.24) is 9.97 Å². The average Bonchev–Trinajstić information content (AvgIpc) is 2.72. The number of hydrogen-bond acceptors (Lipinski definition) is 4. The molecule has 3 rings (SSSR count). The molecule has 1 N–H and O–H groups in total. The van der Waals surface area contributed by atoms with Crippen molar-refractivity contribution in [2.24, 2.45) is 0 Å². The molecule has 0 aliphatic carbocycles. The van der Waals surface area contributed by atoms with Gasteiger partial charge < -0.3 is 9.84 Å². The van der Waals surface area contributed by atoms with Crippen molar-refractivity contribution in [2.75, 3.05) is 7.11 Å². The minimum atomic E-state index is -1.00. The summed E-state index contributed by atoms with van der Waals surface area (Å²) in [4.78, 5) is 20.3. The minimum Gasteiger partial charge on any atom is -0.497 e. The van der Waals surface area contributed by atoms with Crippen molar-refractivity contribution in [2.45, 2.75) is 26.2 Å². The molecule has 0 saturated carbocycles. The van der Waals surface area contributed by atoms with E-state index in [1.807, 2.05) is 0 Å². The Morgan fingerprint density at radius 2 is 1.89 bits per heavy atom. The number of unbranched alkanes of at least 4 members (excludes halogenated alkanes) is 1. The zero-order valence-corrected chi connectivity index (χ0v) is 15.8. The number of carboxylic acids is 1. The SMILES string of the molecule is CCCCc1cnc(-c2ccc(OC)cc2F)c(-c2ccc(C(=O)O)cc2)n1. The van der Waals surface area contributed by atoms with E-state index < -0.39 is 11.8 Å². The lowest BCUT2D eigenvalue weighted by Gasteiger charge is -2.12. The molecule has 1 heterocycles. The zero-order chi connectivity index (χ0) is 20.1. The number of hydrogen-bond donors (Lipinski definition) is 1. The van der Waals surface area contributed by atoms with E-state index in [-0.39, 0.29) is 5.56 Å². The molecule has 0 amide bonds. The Morgan fingerprint density at radius 1 is 1.14 bits per heavy atom. The van der Waals surface area contributed by atoms with Crippen LogP contribution in [0.4, 0.5) is 4.39 Å². The van der Waals surface area contributed by atoms with Gasteiger partial charge >= 0.3 is 5.97 Å². The highest BCUT2D eigenvalue weighted by Gasteiger charge is 2.17. The number of benzene rings is 2. The monoisotopic (exact) mass is 380 g/mol. The van der Waals surface area contributed by atoms with E-state index in [4.69, 9.17) is 14.8 Å². The summed E-state index contributed by atoms with van der Waals surface area (Å²) in [6, 6.07) is 10.9. The first-order chi connectivity index (χ1) is 13.5. The van der Waals surface area contributed by atoms with Crippen LogP contribution in [0.5, 0.6) is 5.75 Å². The fraction of sp³-hybridized carbons (Fsp3) is 0.227. The Hall–Kier alpha value is -3.28. The molecule has 6 heteroatoms. The summed E-state index contributed by atoms with van der Waals surface area (Å²) in [5, 5.41) is 9.12. The van der Waals surface area contributed by atoms with Crippen LogP contribution in [0.3, 0.4) is 0 Å². The van der Waals surface area contributed by atoms with Gasteiger partial charge in [0.05, 0.1) is 29.8 Å². The van der Waals surface area contributed by atoms with Gasteiger partial charge in [0.2, 0.25) is 0 Å². The third-order valence-corrected chi connectivity index (χ3v) is 4.45.